The Labute approximate surface area is 121 Å². The van der Waals surface area contributed by atoms with Gasteiger partial charge in [0.05, 0.1) is 5.52 Å². The first kappa shape index (κ1) is 13.2. The molecule has 0 spiro atoms. The number of aromatic nitrogens is 1. The van der Waals surface area contributed by atoms with Crippen LogP contribution in [0.5, 0.6) is 0 Å². The molecule has 2 atom stereocenters. The van der Waals surface area contributed by atoms with Gasteiger partial charge in [0.25, 0.3) is 0 Å². The molecule has 3 rings (SSSR count). The Kier molecular flexibility index (Phi) is 3.29. The maximum atomic E-state index is 4.15. The van der Waals surface area contributed by atoms with Crippen molar-refractivity contribution < 1.29 is 0 Å². The maximum absolute atomic E-state index is 4.15. The normalized spacial score (nSPS) is 21.4. The van der Waals surface area contributed by atoms with Crippen molar-refractivity contribution in [3.8, 4) is 0 Å². The molecule has 20 heavy (non-hydrogen) atoms. The van der Waals surface area contributed by atoms with E-state index >= 15 is 0 Å². The summed E-state index contributed by atoms with van der Waals surface area (Å²) in [5.74, 6) is 1.05. The molecule has 0 aliphatic carbocycles. The molecule has 1 aromatic carbocycles. The lowest BCUT2D eigenvalue weighted by atomic mass is 9.85. The van der Waals surface area contributed by atoms with Crippen LogP contribution in [0.1, 0.15) is 32.8 Å². The molecular formula is C19H23N. The standard InChI is InChI=1S/C19H23N/c1-5-15(13(2)3)11-18-14(4)12-20-10-9-16-7-6-8-17(18)19(16)20/h6-11,14-15H,2,5,12H2,1,3-4H3/b18-11+. The molecule has 0 N–H and O–H groups in total. The Morgan fingerprint density at radius 2 is 2.25 bits per heavy atom. The minimum Gasteiger partial charge on any atom is -0.346 e. The van der Waals surface area contributed by atoms with Crippen LogP contribution in [0.25, 0.3) is 16.5 Å². The Hall–Kier alpha value is -1.76. The second kappa shape index (κ2) is 4.97. The molecule has 2 heterocycles. The van der Waals surface area contributed by atoms with E-state index in [0.29, 0.717) is 11.8 Å². The van der Waals surface area contributed by atoms with Gasteiger partial charge in [0.1, 0.15) is 0 Å². The van der Waals surface area contributed by atoms with E-state index in [-0.39, 0.29) is 0 Å². The van der Waals surface area contributed by atoms with Gasteiger partial charge < -0.3 is 4.57 Å². The van der Waals surface area contributed by atoms with Crippen molar-refractivity contribution in [3.05, 3.63) is 54.3 Å². The first-order valence-electron chi connectivity index (χ1n) is 7.57. The highest BCUT2D eigenvalue weighted by atomic mass is 15.0. The number of benzene rings is 1. The van der Waals surface area contributed by atoms with Gasteiger partial charge in [-0.1, -0.05) is 50.3 Å². The maximum Gasteiger partial charge on any atom is 0.0556 e. The second-order valence-electron chi connectivity index (χ2n) is 6.10. The molecule has 0 radical (unpaired) electrons. The van der Waals surface area contributed by atoms with Crippen molar-refractivity contribution in [2.24, 2.45) is 11.8 Å². The molecule has 0 bridgehead atoms. The zero-order chi connectivity index (χ0) is 14.3. The van der Waals surface area contributed by atoms with E-state index in [2.05, 4.69) is 68.5 Å². The fourth-order valence-corrected chi connectivity index (χ4v) is 3.38. The third kappa shape index (κ3) is 2.02. The van der Waals surface area contributed by atoms with Gasteiger partial charge in [-0.3, -0.25) is 0 Å². The van der Waals surface area contributed by atoms with E-state index in [1.165, 1.54) is 27.6 Å². The quantitative estimate of drug-likeness (QED) is 0.666. The molecule has 0 amide bonds. The minimum absolute atomic E-state index is 0.490. The Bertz CT molecular complexity index is 687. The van der Waals surface area contributed by atoms with Gasteiger partial charge in [-0.2, -0.15) is 0 Å². The molecule has 104 valence electrons. The summed E-state index contributed by atoms with van der Waals surface area (Å²) in [6.07, 6.45) is 5.80. The number of rotatable bonds is 3. The average molecular weight is 265 g/mol. The molecule has 0 saturated carbocycles. The highest BCUT2D eigenvalue weighted by Crippen LogP contribution is 2.38. The zero-order valence-corrected chi connectivity index (χ0v) is 12.7. The molecular weight excluding hydrogens is 242 g/mol. The Morgan fingerprint density at radius 1 is 1.45 bits per heavy atom. The summed E-state index contributed by atoms with van der Waals surface area (Å²) in [7, 11) is 0. The number of para-hydroxylation sites is 1. The first-order chi connectivity index (χ1) is 9.61. The summed E-state index contributed by atoms with van der Waals surface area (Å²) in [6.45, 7) is 11.9. The van der Waals surface area contributed by atoms with Gasteiger partial charge in [0.15, 0.2) is 0 Å². The summed E-state index contributed by atoms with van der Waals surface area (Å²) >= 11 is 0. The molecule has 2 unspecified atom stereocenters. The van der Waals surface area contributed by atoms with Crippen LogP contribution in [0.15, 0.2) is 48.7 Å². The largest absolute Gasteiger partial charge is 0.346 e. The van der Waals surface area contributed by atoms with Crippen LogP contribution >= 0.6 is 0 Å². The van der Waals surface area contributed by atoms with E-state index in [9.17, 15) is 0 Å². The number of hydrogen-bond acceptors (Lipinski definition) is 0. The van der Waals surface area contributed by atoms with Crippen LogP contribution in [0.4, 0.5) is 0 Å². The van der Waals surface area contributed by atoms with Crippen LogP contribution < -0.4 is 0 Å². The van der Waals surface area contributed by atoms with Crippen molar-refractivity contribution in [2.45, 2.75) is 33.7 Å². The van der Waals surface area contributed by atoms with E-state index in [1.54, 1.807) is 0 Å². The molecule has 1 nitrogen and oxygen atoms in total. The van der Waals surface area contributed by atoms with Gasteiger partial charge in [-0.25, -0.2) is 0 Å². The van der Waals surface area contributed by atoms with Crippen molar-refractivity contribution in [1.29, 1.82) is 0 Å². The fraction of sp³-hybridized carbons (Fsp3) is 0.368. The van der Waals surface area contributed by atoms with Crippen molar-refractivity contribution in [2.75, 3.05) is 0 Å². The van der Waals surface area contributed by atoms with Gasteiger partial charge >= 0.3 is 0 Å². The zero-order valence-electron chi connectivity index (χ0n) is 12.7. The third-order valence-electron chi connectivity index (χ3n) is 4.55. The summed E-state index contributed by atoms with van der Waals surface area (Å²) < 4.78 is 2.40. The van der Waals surface area contributed by atoms with Crippen LogP contribution in [0.3, 0.4) is 0 Å². The summed E-state index contributed by atoms with van der Waals surface area (Å²) in [5, 5.41) is 1.35. The first-order valence-corrected chi connectivity index (χ1v) is 7.57. The van der Waals surface area contributed by atoms with Crippen molar-refractivity contribution >= 4 is 16.5 Å². The van der Waals surface area contributed by atoms with Gasteiger partial charge in [0, 0.05) is 23.7 Å². The van der Waals surface area contributed by atoms with E-state index in [4.69, 9.17) is 0 Å². The predicted octanol–water partition coefficient (Wildman–Crippen LogP) is 5.28. The summed E-state index contributed by atoms with van der Waals surface area (Å²) in [5.41, 5.74) is 5.57. The molecule has 0 fully saturated rings. The van der Waals surface area contributed by atoms with Crippen LogP contribution in [0, 0.1) is 11.8 Å². The minimum atomic E-state index is 0.490. The fourth-order valence-electron chi connectivity index (χ4n) is 3.38. The van der Waals surface area contributed by atoms with Crippen molar-refractivity contribution in [3.63, 3.8) is 0 Å². The molecule has 1 aliphatic heterocycles. The molecule has 1 aliphatic rings. The lowest BCUT2D eigenvalue weighted by Gasteiger charge is -2.27. The van der Waals surface area contributed by atoms with Crippen LogP contribution in [0.2, 0.25) is 0 Å². The Morgan fingerprint density at radius 3 is 2.95 bits per heavy atom. The molecule has 1 aromatic heterocycles. The monoisotopic (exact) mass is 265 g/mol. The average Bonchev–Trinajstić information content (AvgIpc) is 2.83. The highest BCUT2D eigenvalue weighted by molar-refractivity contribution is 5.93. The summed E-state index contributed by atoms with van der Waals surface area (Å²) in [6, 6.07) is 8.88. The second-order valence-corrected chi connectivity index (χ2v) is 6.10. The van der Waals surface area contributed by atoms with E-state index in [1.807, 2.05) is 0 Å². The third-order valence-corrected chi connectivity index (χ3v) is 4.55. The van der Waals surface area contributed by atoms with Gasteiger partial charge in [-0.15, -0.1) is 0 Å². The van der Waals surface area contributed by atoms with E-state index < -0.39 is 0 Å². The van der Waals surface area contributed by atoms with Crippen molar-refractivity contribution in [1.82, 2.24) is 4.57 Å². The SMILES string of the molecule is C=C(C)C(/C=C1/c2cccc3ccn(c23)CC1C)CC. The molecule has 2 aromatic rings. The Balaban J connectivity index is 2.18. The number of hydrogen-bond donors (Lipinski definition) is 0. The van der Waals surface area contributed by atoms with Gasteiger partial charge in [0.2, 0.25) is 0 Å². The molecule has 1 heteroatoms. The lowest BCUT2D eigenvalue weighted by molar-refractivity contribution is 0.582. The van der Waals surface area contributed by atoms with Gasteiger partial charge in [-0.05, 0) is 36.8 Å². The lowest BCUT2D eigenvalue weighted by Crippen LogP contribution is -2.16. The predicted molar refractivity (Wildman–Crippen MR) is 87.7 cm³/mol. The van der Waals surface area contributed by atoms with Crippen LogP contribution in [-0.4, -0.2) is 4.57 Å². The van der Waals surface area contributed by atoms with E-state index in [0.717, 1.165) is 13.0 Å². The smallest absolute Gasteiger partial charge is 0.0556 e. The number of nitrogens with zero attached hydrogens (tertiary/aromatic N) is 1. The topological polar surface area (TPSA) is 4.93 Å². The number of allylic oxidation sites excluding steroid dienone is 3. The van der Waals surface area contributed by atoms with Crippen LogP contribution in [-0.2, 0) is 6.54 Å². The highest BCUT2D eigenvalue weighted by Gasteiger charge is 2.22. The molecule has 0 saturated heterocycles. The summed E-state index contributed by atoms with van der Waals surface area (Å²) in [4.78, 5) is 0.